The van der Waals surface area contributed by atoms with Crippen molar-refractivity contribution in [2.45, 2.75) is 47.9 Å². The maximum Gasteiger partial charge on any atom is 0.269 e. The van der Waals surface area contributed by atoms with Gasteiger partial charge in [0.2, 0.25) is 0 Å². The van der Waals surface area contributed by atoms with Crippen LogP contribution in [0, 0.1) is 11.8 Å². The minimum atomic E-state index is -0.795. The van der Waals surface area contributed by atoms with Crippen molar-refractivity contribution in [1.82, 2.24) is 10.2 Å². The topological polar surface area (TPSA) is 90.9 Å². The summed E-state index contributed by atoms with van der Waals surface area (Å²) in [6.07, 6.45) is 2.03. The average Bonchev–Trinajstić information content (AvgIpc) is 3.62. The molecule has 35 heavy (non-hydrogen) atoms. The highest BCUT2D eigenvalue weighted by Gasteiger charge is 2.72. The summed E-state index contributed by atoms with van der Waals surface area (Å²) in [7, 11) is 0. The zero-order valence-corrected chi connectivity index (χ0v) is 21.9. The van der Waals surface area contributed by atoms with Crippen molar-refractivity contribution in [3.05, 3.63) is 59.2 Å². The van der Waals surface area contributed by atoms with Crippen molar-refractivity contribution in [1.29, 1.82) is 0 Å². The predicted octanol–water partition coefficient (Wildman–Crippen LogP) is 3.14. The molecule has 2 heterocycles. The Morgan fingerprint density at radius 1 is 1.29 bits per heavy atom. The Bertz CT molecular complexity index is 1200. The highest BCUT2D eigenvalue weighted by molar-refractivity contribution is 14.1. The third-order valence-electron chi connectivity index (χ3n) is 8.11. The Hall–Kier alpha value is -2.17. The Balaban J connectivity index is 1.06. The standard InChI is InChI=1S/C27H30IN3O4/c1-26(28)15-27(21-11-20(21)26)25(34)30-22-10-17(6-7-23(22)35-27)24(33)29-12-19(32)14-31-9-8-16-4-2-3-5-18(16)13-31/h2-7,10,19-21,32H,8-9,11-15H2,1H3,(H,29,33)(H,30,34)/t19-,20?,21?,26?,27?/m0/s1. The lowest BCUT2D eigenvalue weighted by molar-refractivity contribution is -0.134. The molecule has 0 radical (unpaired) electrons. The van der Waals surface area contributed by atoms with Crippen LogP contribution in [0.2, 0.25) is 0 Å². The van der Waals surface area contributed by atoms with Gasteiger partial charge in [0.15, 0.2) is 5.60 Å². The summed E-state index contributed by atoms with van der Waals surface area (Å²) < 4.78 is 6.40. The van der Waals surface area contributed by atoms with Crippen molar-refractivity contribution in [2.75, 3.05) is 25.0 Å². The van der Waals surface area contributed by atoms with E-state index in [1.165, 1.54) is 11.1 Å². The lowest BCUT2D eigenvalue weighted by atomic mass is 9.91. The van der Waals surface area contributed by atoms with Gasteiger partial charge in [-0.25, -0.2) is 0 Å². The summed E-state index contributed by atoms with van der Waals surface area (Å²) in [5.41, 5.74) is 2.83. The first-order valence-corrected chi connectivity index (χ1v) is 13.4. The van der Waals surface area contributed by atoms with Crippen LogP contribution in [0.3, 0.4) is 0 Å². The molecule has 0 bridgehead atoms. The molecule has 2 saturated carbocycles. The Morgan fingerprint density at radius 2 is 2.09 bits per heavy atom. The molecule has 4 unspecified atom stereocenters. The Morgan fingerprint density at radius 3 is 2.83 bits per heavy atom. The van der Waals surface area contributed by atoms with Gasteiger partial charge in [-0.1, -0.05) is 53.8 Å². The van der Waals surface area contributed by atoms with E-state index in [0.29, 0.717) is 35.9 Å². The molecule has 7 nitrogen and oxygen atoms in total. The van der Waals surface area contributed by atoms with E-state index in [1.54, 1.807) is 18.2 Å². The molecule has 2 amide bonds. The number of benzene rings is 2. The third-order valence-corrected chi connectivity index (χ3v) is 9.30. The molecule has 6 rings (SSSR count). The molecule has 3 N–H and O–H groups in total. The van der Waals surface area contributed by atoms with Gasteiger partial charge in [0, 0.05) is 47.5 Å². The molecule has 0 aromatic heterocycles. The summed E-state index contributed by atoms with van der Waals surface area (Å²) in [6.45, 7) is 4.57. The van der Waals surface area contributed by atoms with Crippen LogP contribution in [0.1, 0.15) is 41.3 Å². The van der Waals surface area contributed by atoms with E-state index >= 15 is 0 Å². The molecule has 5 atom stereocenters. The van der Waals surface area contributed by atoms with Crippen molar-refractivity contribution in [3.8, 4) is 5.75 Å². The van der Waals surface area contributed by atoms with E-state index in [-0.39, 0.29) is 27.7 Å². The molecular weight excluding hydrogens is 557 g/mol. The van der Waals surface area contributed by atoms with Crippen molar-refractivity contribution >= 4 is 40.1 Å². The van der Waals surface area contributed by atoms with Crippen LogP contribution in [0.4, 0.5) is 5.69 Å². The molecule has 184 valence electrons. The quantitative estimate of drug-likeness (QED) is 0.370. The number of ether oxygens (including phenoxy) is 1. The average molecular weight is 587 g/mol. The number of nitrogens with zero attached hydrogens (tertiary/aromatic N) is 1. The molecule has 1 spiro atoms. The van der Waals surface area contributed by atoms with Gasteiger partial charge in [0.25, 0.3) is 11.8 Å². The third kappa shape index (κ3) is 4.13. The van der Waals surface area contributed by atoms with E-state index in [0.717, 1.165) is 25.9 Å². The number of carbonyl (C=O) groups is 2. The number of β-amino-alcohol motifs (C(OH)–C–C–N with tert-alkyl or cyclic N) is 1. The number of carbonyl (C=O) groups excluding carboxylic acids is 2. The number of nitrogens with one attached hydrogen (secondary N) is 2. The van der Waals surface area contributed by atoms with Gasteiger partial charge in [-0.15, -0.1) is 0 Å². The van der Waals surface area contributed by atoms with E-state index in [1.807, 2.05) is 6.07 Å². The van der Waals surface area contributed by atoms with Crippen LogP contribution in [-0.4, -0.2) is 56.6 Å². The number of hydrogen-bond acceptors (Lipinski definition) is 5. The number of aliphatic hydroxyl groups excluding tert-OH is 1. The van der Waals surface area contributed by atoms with E-state index in [4.69, 9.17) is 4.74 Å². The van der Waals surface area contributed by atoms with Crippen molar-refractivity contribution < 1.29 is 19.4 Å². The lowest BCUT2D eigenvalue weighted by Gasteiger charge is -2.37. The first-order chi connectivity index (χ1) is 16.7. The van der Waals surface area contributed by atoms with Crippen LogP contribution in [0.5, 0.6) is 5.75 Å². The molecule has 8 heteroatoms. The molecule has 4 aliphatic rings. The molecule has 2 aromatic rings. The lowest BCUT2D eigenvalue weighted by Crippen LogP contribution is -2.52. The van der Waals surface area contributed by atoms with Gasteiger partial charge in [-0.2, -0.15) is 0 Å². The maximum absolute atomic E-state index is 13.1. The number of alkyl halides is 1. The summed E-state index contributed by atoms with van der Waals surface area (Å²) in [4.78, 5) is 28.1. The first-order valence-electron chi connectivity index (χ1n) is 12.3. The molecular formula is C27H30IN3O4. The van der Waals surface area contributed by atoms with Crippen LogP contribution in [-0.2, 0) is 17.8 Å². The molecule has 2 aromatic carbocycles. The molecule has 2 fully saturated rings. The van der Waals surface area contributed by atoms with E-state index in [2.05, 4.69) is 63.2 Å². The van der Waals surface area contributed by atoms with E-state index in [9.17, 15) is 14.7 Å². The second-order valence-electron chi connectivity index (χ2n) is 10.7. The van der Waals surface area contributed by atoms with Crippen LogP contribution >= 0.6 is 22.6 Å². The summed E-state index contributed by atoms with van der Waals surface area (Å²) in [6, 6.07) is 13.5. The summed E-state index contributed by atoms with van der Waals surface area (Å²) in [5.74, 6) is 1.01. The molecule has 2 aliphatic heterocycles. The van der Waals surface area contributed by atoms with Gasteiger partial charge >= 0.3 is 0 Å². The highest BCUT2D eigenvalue weighted by atomic mass is 127. The predicted molar refractivity (Wildman–Crippen MR) is 141 cm³/mol. The fourth-order valence-electron chi connectivity index (χ4n) is 6.23. The van der Waals surface area contributed by atoms with Gasteiger partial charge < -0.3 is 20.5 Å². The number of amides is 2. The summed E-state index contributed by atoms with van der Waals surface area (Å²) in [5, 5.41) is 16.4. The van der Waals surface area contributed by atoms with E-state index < -0.39 is 11.7 Å². The monoisotopic (exact) mass is 587 g/mol. The van der Waals surface area contributed by atoms with Crippen LogP contribution < -0.4 is 15.4 Å². The first kappa shape index (κ1) is 23.2. The van der Waals surface area contributed by atoms with Crippen LogP contribution in [0.15, 0.2) is 42.5 Å². The normalized spacial score (nSPS) is 31.6. The number of halogens is 1. The number of rotatable bonds is 5. The SMILES string of the molecule is CC1(I)CC2(Oc3ccc(C(=O)NC[C@H](O)CN4CCc5ccccc5C4)cc3NC2=O)C2CC21. The van der Waals surface area contributed by atoms with Crippen molar-refractivity contribution in [3.63, 3.8) is 0 Å². The second kappa shape index (κ2) is 8.45. The van der Waals surface area contributed by atoms with Gasteiger partial charge in [-0.3, -0.25) is 14.5 Å². The largest absolute Gasteiger partial charge is 0.475 e. The number of hydrogen-bond donors (Lipinski definition) is 3. The second-order valence-corrected chi connectivity index (χ2v) is 13.1. The fourth-order valence-corrected chi connectivity index (χ4v) is 7.48. The Labute approximate surface area is 218 Å². The van der Waals surface area contributed by atoms with Gasteiger partial charge in [0.1, 0.15) is 5.75 Å². The zero-order valence-electron chi connectivity index (χ0n) is 19.7. The van der Waals surface area contributed by atoms with Gasteiger partial charge in [-0.05, 0) is 48.1 Å². The molecule has 0 saturated heterocycles. The number of fused-ring (bicyclic) bond motifs is 4. The maximum atomic E-state index is 13.1. The smallest absolute Gasteiger partial charge is 0.269 e. The van der Waals surface area contributed by atoms with Gasteiger partial charge in [0.05, 0.1) is 11.8 Å². The fraction of sp³-hybridized carbons (Fsp3) is 0.481. The minimum Gasteiger partial charge on any atom is -0.475 e. The zero-order chi connectivity index (χ0) is 24.4. The Kier molecular flexibility index (Phi) is 5.61. The molecule has 2 aliphatic carbocycles. The number of aliphatic hydroxyl groups is 1. The van der Waals surface area contributed by atoms with Crippen LogP contribution in [0.25, 0.3) is 0 Å². The highest BCUT2D eigenvalue weighted by Crippen LogP contribution is 2.67. The summed E-state index contributed by atoms with van der Waals surface area (Å²) >= 11 is 2.47. The van der Waals surface area contributed by atoms with Crippen molar-refractivity contribution in [2.24, 2.45) is 11.8 Å². The number of anilines is 1. The minimum absolute atomic E-state index is 0.0650.